The van der Waals surface area contributed by atoms with Crippen LogP contribution in [0.4, 0.5) is 10.5 Å². The van der Waals surface area contributed by atoms with Gasteiger partial charge in [-0.05, 0) is 55.4 Å². The Morgan fingerprint density at radius 3 is 2.56 bits per heavy atom. The number of carbonyl (C=O) groups excluding carboxylic acids is 2. The molecule has 4 rings (SSSR count). The molecule has 0 bridgehead atoms. The molecular weight excluding hydrogens is 314 g/mol. The minimum atomic E-state index is -0.117. The van der Waals surface area contributed by atoms with Gasteiger partial charge >= 0.3 is 6.03 Å². The molecule has 1 aliphatic heterocycles. The van der Waals surface area contributed by atoms with Crippen LogP contribution in [-0.4, -0.2) is 29.4 Å². The lowest BCUT2D eigenvalue weighted by Gasteiger charge is -2.29. The van der Waals surface area contributed by atoms with E-state index in [1.807, 2.05) is 17.0 Å². The van der Waals surface area contributed by atoms with Gasteiger partial charge in [0.2, 0.25) is 5.91 Å². The molecule has 5 nitrogen and oxygen atoms in total. The van der Waals surface area contributed by atoms with E-state index in [0.29, 0.717) is 18.5 Å². The molecule has 0 saturated heterocycles. The fourth-order valence-electron chi connectivity index (χ4n) is 4.01. The maximum atomic E-state index is 12.3. The molecule has 0 spiro atoms. The molecule has 2 aliphatic carbocycles. The van der Waals surface area contributed by atoms with Crippen LogP contribution in [-0.2, 0) is 17.8 Å². The molecule has 3 amide bonds. The summed E-state index contributed by atoms with van der Waals surface area (Å²) in [6.45, 7) is 1.49. The predicted octanol–water partition coefficient (Wildman–Crippen LogP) is 3.44. The van der Waals surface area contributed by atoms with E-state index in [0.717, 1.165) is 49.9 Å². The molecule has 2 fully saturated rings. The zero-order valence-corrected chi connectivity index (χ0v) is 14.7. The largest absolute Gasteiger partial charge is 0.338 e. The fraction of sp³-hybridized carbons (Fsp3) is 0.600. The third-order valence-corrected chi connectivity index (χ3v) is 5.66. The molecule has 25 heavy (non-hydrogen) atoms. The molecule has 0 unspecified atom stereocenters. The highest BCUT2D eigenvalue weighted by molar-refractivity contribution is 5.89. The molecule has 1 aromatic carbocycles. The van der Waals surface area contributed by atoms with Crippen LogP contribution < -0.4 is 10.6 Å². The zero-order valence-electron chi connectivity index (χ0n) is 14.7. The van der Waals surface area contributed by atoms with Crippen molar-refractivity contribution >= 4 is 17.6 Å². The van der Waals surface area contributed by atoms with Crippen molar-refractivity contribution in [2.75, 3.05) is 11.9 Å². The lowest BCUT2D eigenvalue weighted by atomic mass is 9.96. The SMILES string of the molecule is O=C(Nc1ccc2c(c1)CN(C(=O)C1CC1)CC2)NC1CCCCC1. The van der Waals surface area contributed by atoms with Gasteiger partial charge in [0.1, 0.15) is 0 Å². The number of anilines is 1. The molecule has 134 valence electrons. The van der Waals surface area contributed by atoms with Crippen molar-refractivity contribution in [3.63, 3.8) is 0 Å². The van der Waals surface area contributed by atoms with Crippen LogP contribution >= 0.6 is 0 Å². The van der Waals surface area contributed by atoms with E-state index in [4.69, 9.17) is 0 Å². The average molecular weight is 341 g/mol. The van der Waals surface area contributed by atoms with Gasteiger partial charge in [0, 0.05) is 30.7 Å². The van der Waals surface area contributed by atoms with E-state index in [2.05, 4.69) is 16.7 Å². The van der Waals surface area contributed by atoms with E-state index < -0.39 is 0 Å². The van der Waals surface area contributed by atoms with Gasteiger partial charge in [-0.1, -0.05) is 25.3 Å². The van der Waals surface area contributed by atoms with Gasteiger partial charge in [0.25, 0.3) is 0 Å². The summed E-state index contributed by atoms with van der Waals surface area (Å²) < 4.78 is 0. The molecule has 3 aliphatic rings. The summed E-state index contributed by atoms with van der Waals surface area (Å²) >= 11 is 0. The summed E-state index contributed by atoms with van der Waals surface area (Å²) in [5, 5.41) is 6.05. The Kier molecular flexibility index (Phi) is 4.64. The minimum Gasteiger partial charge on any atom is -0.338 e. The number of hydrogen-bond acceptors (Lipinski definition) is 2. The van der Waals surface area contributed by atoms with Gasteiger partial charge in [0.05, 0.1) is 0 Å². The highest BCUT2D eigenvalue weighted by atomic mass is 16.2. The van der Waals surface area contributed by atoms with Gasteiger partial charge in [-0.3, -0.25) is 4.79 Å². The molecule has 1 aromatic rings. The molecule has 5 heteroatoms. The first kappa shape index (κ1) is 16.4. The first-order valence-corrected chi connectivity index (χ1v) is 9.67. The normalized spacial score (nSPS) is 20.7. The number of carbonyl (C=O) groups is 2. The lowest BCUT2D eigenvalue weighted by molar-refractivity contribution is -0.133. The average Bonchev–Trinajstić information content (AvgIpc) is 3.46. The highest BCUT2D eigenvalue weighted by Crippen LogP contribution is 2.33. The van der Waals surface area contributed by atoms with E-state index in [1.165, 1.54) is 24.8 Å². The second-order valence-corrected chi connectivity index (χ2v) is 7.70. The van der Waals surface area contributed by atoms with Crippen molar-refractivity contribution < 1.29 is 9.59 Å². The van der Waals surface area contributed by atoms with E-state index in [9.17, 15) is 9.59 Å². The van der Waals surface area contributed by atoms with E-state index in [1.54, 1.807) is 0 Å². The summed E-state index contributed by atoms with van der Waals surface area (Å²) in [5.41, 5.74) is 3.27. The Bertz CT molecular complexity index is 663. The minimum absolute atomic E-state index is 0.117. The summed E-state index contributed by atoms with van der Waals surface area (Å²) in [6.07, 6.45) is 8.84. The van der Waals surface area contributed by atoms with E-state index >= 15 is 0 Å². The van der Waals surface area contributed by atoms with Crippen molar-refractivity contribution in [3.8, 4) is 0 Å². The lowest BCUT2D eigenvalue weighted by Crippen LogP contribution is -2.39. The van der Waals surface area contributed by atoms with Crippen LogP contribution in [0.1, 0.15) is 56.1 Å². The summed E-state index contributed by atoms with van der Waals surface area (Å²) in [7, 11) is 0. The van der Waals surface area contributed by atoms with Crippen LogP contribution in [0.5, 0.6) is 0 Å². The van der Waals surface area contributed by atoms with Crippen LogP contribution in [0.2, 0.25) is 0 Å². The summed E-state index contributed by atoms with van der Waals surface area (Å²) in [6, 6.07) is 6.27. The number of benzene rings is 1. The quantitative estimate of drug-likeness (QED) is 0.885. The number of nitrogens with zero attached hydrogens (tertiary/aromatic N) is 1. The number of amides is 3. The number of hydrogen-bond donors (Lipinski definition) is 2. The van der Waals surface area contributed by atoms with Crippen molar-refractivity contribution in [3.05, 3.63) is 29.3 Å². The van der Waals surface area contributed by atoms with Crippen LogP contribution in [0.3, 0.4) is 0 Å². The van der Waals surface area contributed by atoms with Crippen LogP contribution in [0, 0.1) is 5.92 Å². The van der Waals surface area contributed by atoms with Gasteiger partial charge in [-0.2, -0.15) is 0 Å². The molecule has 1 heterocycles. The maximum Gasteiger partial charge on any atom is 0.319 e. The van der Waals surface area contributed by atoms with Crippen LogP contribution in [0.15, 0.2) is 18.2 Å². The Morgan fingerprint density at radius 2 is 1.80 bits per heavy atom. The molecule has 0 atom stereocenters. The first-order chi connectivity index (χ1) is 12.2. The number of fused-ring (bicyclic) bond motifs is 1. The van der Waals surface area contributed by atoms with Gasteiger partial charge < -0.3 is 15.5 Å². The number of urea groups is 1. The number of rotatable bonds is 3. The molecule has 0 radical (unpaired) electrons. The van der Waals surface area contributed by atoms with Gasteiger partial charge in [-0.25, -0.2) is 4.79 Å². The standard InChI is InChI=1S/C20H27N3O2/c24-19(15-6-7-15)23-11-10-14-8-9-18(12-16(14)13-23)22-20(25)21-17-4-2-1-3-5-17/h8-9,12,15,17H,1-7,10-11,13H2,(H2,21,22,25). The van der Waals surface area contributed by atoms with Crippen molar-refractivity contribution in [2.45, 2.75) is 64.0 Å². The second kappa shape index (κ2) is 7.06. The van der Waals surface area contributed by atoms with E-state index in [-0.39, 0.29) is 11.9 Å². The molecule has 0 aromatic heterocycles. The molecule has 2 N–H and O–H groups in total. The first-order valence-electron chi connectivity index (χ1n) is 9.67. The smallest absolute Gasteiger partial charge is 0.319 e. The molecular formula is C20H27N3O2. The van der Waals surface area contributed by atoms with Crippen molar-refractivity contribution in [1.82, 2.24) is 10.2 Å². The van der Waals surface area contributed by atoms with Gasteiger partial charge in [-0.15, -0.1) is 0 Å². The number of nitrogens with one attached hydrogen (secondary N) is 2. The van der Waals surface area contributed by atoms with Gasteiger partial charge in [0.15, 0.2) is 0 Å². The summed E-state index contributed by atoms with van der Waals surface area (Å²) in [5.74, 6) is 0.572. The van der Waals surface area contributed by atoms with Crippen LogP contribution in [0.25, 0.3) is 0 Å². The monoisotopic (exact) mass is 341 g/mol. The second-order valence-electron chi connectivity index (χ2n) is 7.70. The summed E-state index contributed by atoms with van der Waals surface area (Å²) in [4.78, 5) is 26.5. The van der Waals surface area contributed by atoms with Crippen molar-refractivity contribution in [1.29, 1.82) is 0 Å². The Balaban J connectivity index is 1.37. The molecule has 2 saturated carbocycles. The Hall–Kier alpha value is -2.04. The van der Waals surface area contributed by atoms with Crippen molar-refractivity contribution in [2.24, 2.45) is 5.92 Å². The predicted molar refractivity (Wildman–Crippen MR) is 97.3 cm³/mol. The Labute approximate surface area is 149 Å². The zero-order chi connectivity index (χ0) is 17.2. The highest BCUT2D eigenvalue weighted by Gasteiger charge is 2.34. The third-order valence-electron chi connectivity index (χ3n) is 5.66. The maximum absolute atomic E-state index is 12.3. The Morgan fingerprint density at radius 1 is 1.00 bits per heavy atom. The third kappa shape index (κ3) is 3.97. The topological polar surface area (TPSA) is 61.4 Å². The fourth-order valence-corrected chi connectivity index (χ4v) is 4.01.